The second-order valence-electron chi connectivity index (χ2n) is 3.56. The summed E-state index contributed by atoms with van der Waals surface area (Å²) in [5, 5.41) is 10.8. The van der Waals surface area contributed by atoms with E-state index in [-0.39, 0.29) is 11.3 Å². The van der Waals surface area contributed by atoms with E-state index in [1.54, 1.807) is 6.20 Å². The minimum atomic E-state index is 0.0617. The average Bonchev–Trinajstić information content (AvgIpc) is 2.11. The lowest BCUT2D eigenvalue weighted by Gasteiger charge is -2.12. The number of nitrogens with zero attached hydrogens (tertiary/aromatic N) is 1. The first kappa shape index (κ1) is 7.32. The molecule has 0 radical (unpaired) electrons. The second-order valence-corrected chi connectivity index (χ2v) is 3.56. The molecule has 1 heterocycles. The Hall–Kier alpha value is -0.790. The Balaban J connectivity index is 2.77. The first-order valence-corrected chi connectivity index (χ1v) is 3.49. The highest BCUT2D eigenvalue weighted by Crippen LogP contribution is 2.12. The highest BCUT2D eigenvalue weighted by atomic mass is 16.3. The van der Waals surface area contributed by atoms with E-state index >= 15 is 0 Å². The molecule has 0 aromatic carbocycles. The van der Waals surface area contributed by atoms with Gasteiger partial charge in [-0.1, -0.05) is 5.76 Å². The molecule has 56 valence electrons. The summed E-state index contributed by atoms with van der Waals surface area (Å²) in [6.45, 7) is 6.25. The molecule has 0 bridgehead atoms. The standard InChI is InChI=1S/C8H13NO/c1-8(2,3)9-5-4-7(10)6-9/h5-6H,4H2,1-3H3. The lowest BCUT2D eigenvalue weighted by Crippen LogP contribution is -2.28. The fourth-order valence-electron chi connectivity index (χ4n) is 0.916. The van der Waals surface area contributed by atoms with Gasteiger partial charge in [0.2, 0.25) is 0 Å². The van der Waals surface area contributed by atoms with Crippen molar-refractivity contribution in [3.8, 4) is 0 Å². The van der Waals surface area contributed by atoms with Gasteiger partial charge in [0.25, 0.3) is 0 Å². The van der Waals surface area contributed by atoms with Crippen LogP contribution in [0, 0.1) is 0 Å². The van der Waals surface area contributed by atoms with E-state index in [0.717, 1.165) is 0 Å². The molecule has 0 fully saturated rings. The smallest absolute Gasteiger partial charge is 0.159 e. The molecular formula is C8H13NO. The third-order valence-electron chi connectivity index (χ3n) is 1.55. The van der Waals surface area contributed by atoms with Gasteiger partial charge in [0.05, 0.1) is 0 Å². The summed E-state index contributed by atoms with van der Waals surface area (Å²) in [5.41, 5.74) is 0.0617. The minimum absolute atomic E-state index is 0.0617. The van der Waals surface area contributed by atoms with Gasteiger partial charge in [-0.25, -0.2) is 4.58 Å². The molecule has 0 aromatic rings. The normalized spacial score (nSPS) is 18.7. The fraction of sp³-hybridized carbons (Fsp3) is 0.625. The lowest BCUT2D eigenvalue weighted by atomic mass is 10.1. The van der Waals surface area contributed by atoms with Gasteiger partial charge in [0, 0.05) is 27.2 Å². The number of rotatable bonds is 0. The van der Waals surface area contributed by atoms with E-state index in [0.29, 0.717) is 6.42 Å². The molecule has 0 N–H and O–H groups in total. The van der Waals surface area contributed by atoms with Gasteiger partial charge in [0.15, 0.2) is 11.7 Å². The average molecular weight is 139 g/mol. The van der Waals surface area contributed by atoms with E-state index in [1.165, 1.54) is 0 Å². The first-order chi connectivity index (χ1) is 4.50. The molecule has 10 heavy (non-hydrogen) atoms. The fourth-order valence-corrected chi connectivity index (χ4v) is 0.916. The third-order valence-corrected chi connectivity index (χ3v) is 1.55. The van der Waals surface area contributed by atoms with Crippen molar-refractivity contribution in [3.63, 3.8) is 0 Å². The number of hydrogen-bond acceptors (Lipinski definition) is 1. The molecule has 0 aromatic heterocycles. The van der Waals surface area contributed by atoms with Crippen molar-refractivity contribution in [1.29, 1.82) is 0 Å². The van der Waals surface area contributed by atoms with Crippen molar-refractivity contribution in [3.05, 3.63) is 12.0 Å². The van der Waals surface area contributed by atoms with E-state index in [2.05, 4.69) is 20.8 Å². The molecular weight excluding hydrogens is 126 g/mol. The van der Waals surface area contributed by atoms with Crippen LogP contribution in [0.5, 0.6) is 0 Å². The third kappa shape index (κ3) is 1.38. The SMILES string of the molecule is CC(C)(C)[N+]1=CCC([O-])=C1. The van der Waals surface area contributed by atoms with Gasteiger partial charge in [-0.2, -0.15) is 0 Å². The van der Waals surface area contributed by atoms with E-state index in [1.807, 2.05) is 10.8 Å². The van der Waals surface area contributed by atoms with Crippen LogP contribution in [-0.2, 0) is 0 Å². The van der Waals surface area contributed by atoms with E-state index in [4.69, 9.17) is 0 Å². The van der Waals surface area contributed by atoms with Crippen LogP contribution < -0.4 is 5.11 Å². The van der Waals surface area contributed by atoms with Gasteiger partial charge in [-0.15, -0.1) is 0 Å². The van der Waals surface area contributed by atoms with Crippen LogP contribution in [0.2, 0.25) is 0 Å². The van der Waals surface area contributed by atoms with Crippen molar-refractivity contribution < 1.29 is 9.68 Å². The Morgan fingerprint density at radius 2 is 2.10 bits per heavy atom. The molecule has 1 rings (SSSR count). The Labute approximate surface area is 61.5 Å². The maximum Gasteiger partial charge on any atom is 0.159 e. The number of allylic oxidation sites excluding steroid dienone is 1. The largest absolute Gasteiger partial charge is 0.871 e. The molecule has 1 aliphatic heterocycles. The summed E-state index contributed by atoms with van der Waals surface area (Å²) in [6, 6.07) is 0. The maximum atomic E-state index is 10.8. The molecule has 0 atom stereocenters. The summed E-state index contributed by atoms with van der Waals surface area (Å²) >= 11 is 0. The zero-order valence-electron chi connectivity index (χ0n) is 6.72. The van der Waals surface area contributed by atoms with Gasteiger partial charge in [-0.05, 0) is 0 Å². The van der Waals surface area contributed by atoms with Gasteiger partial charge in [-0.3, -0.25) is 0 Å². The molecule has 0 saturated heterocycles. The van der Waals surface area contributed by atoms with Gasteiger partial charge in [0.1, 0.15) is 6.21 Å². The summed E-state index contributed by atoms with van der Waals surface area (Å²) < 4.78 is 1.97. The monoisotopic (exact) mass is 139 g/mol. The predicted octanol–water partition coefficient (Wildman–Crippen LogP) is 0.474. The molecule has 1 aliphatic rings. The quantitative estimate of drug-likeness (QED) is 0.448. The van der Waals surface area contributed by atoms with E-state index < -0.39 is 0 Å². The van der Waals surface area contributed by atoms with Crippen LogP contribution >= 0.6 is 0 Å². The van der Waals surface area contributed by atoms with Crippen molar-refractivity contribution in [1.82, 2.24) is 0 Å². The summed E-state index contributed by atoms with van der Waals surface area (Å²) in [6.07, 6.45) is 4.17. The van der Waals surface area contributed by atoms with Gasteiger partial charge < -0.3 is 5.11 Å². The Bertz CT molecular complexity index is 196. The topological polar surface area (TPSA) is 26.1 Å². The van der Waals surface area contributed by atoms with E-state index in [9.17, 15) is 5.11 Å². The van der Waals surface area contributed by atoms with Gasteiger partial charge >= 0.3 is 0 Å². The molecule has 0 spiro atoms. The zero-order valence-corrected chi connectivity index (χ0v) is 6.72. The van der Waals surface area contributed by atoms with Crippen LogP contribution in [0.3, 0.4) is 0 Å². The molecule has 0 amide bonds. The summed E-state index contributed by atoms with van der Waals surface area (Å²) in [4.78, 5) is 0. The van der Waals surface area contributed by atoms with Crippen molar-refractivity contribution in [2.75, 3.05) is 0 Å². The van der Waals surface area contributed by atoms with Crippen LogP contribution in [-0.4, -0.2) is 16.3 Å². The van der Waals surface area contributed by atoms with Crippen molar-refractivity contribution in [2.45, 2.75) is 32.7 Å². The van der Waals surface area contributed by atoms with Crippen LogP contribution in [0.25, 0.3) is 0 Å². The Morgan fingerprint density at radius 1 is 1.50 bits per heavy atom. The highest BCUT2D eigenvalue weighted by molar-refractivity contribution is 5.57. The minimum Gasteiger partial charge on any atom is -0.871 e. The predicted molar refractivity (Wildman–Crippen MR) is 38.8 cm³/mol. The number of hydrogen-bond donors (Lipinski definition) is 0. The Kier molecular flexibility index (Phi) is 1.55. The molecule has 0 unspecified atom stereocenters. The summed E-state index contributed by atoms with van der Waals surface area (Å²) in [7, 11) is 0. The second kappa shape index (κ2) is 2.11. The molecule has 2 heteroatoms. The first-order valence-electron chi connectivity index (χ1n) is 3.49. The highest BCUT2D eigenvalue weighted by Gasteiger charge is 2.23. The van der Waals surface area contributed by atoms with Crippen LogP contribution in [0.1, 0.15) is 27.2 Å². The molecule has 0 saturated carbocycles. The van der Waals surface area contributed by atoms with Crippen LogP contribution in [0.15, 0.2) is 12.0 Å². The maximum absolute atomic E-state index is 10.8. The van der Waals surface area contributed by atoms with Crippen molar-refractivity contribution in [2.24, 2.45) is 0 Å². The lowest BCUT2D eigenvalue weighted by molar-refractivity contribution is -0.532. The molecule has 2 nitrogen and oxygen atoms in total. The zero-order chi connectivity index (χ0) is 7.78. The summed E-state index contributed by atoms with van der Waals surface area (Å²) in [5.74, 6) is 0.204. The van der Waals surface area contributed by atoms with Crippen molar-refractivity contribution >= 4 is 6.21 Å². The molecule has 0 aliphatic carbocycles. The Morgan fingerprint density at radius 3 is 2.30 bits per heavy atom. The van der Waals surface area contributed by atoms with Crippen LogP contribution in [0.4, 0.5) is 0 Å².